The van der Waals surface area contributed by atoms with Crippen molar-refractivity contribution >= 4 is 29.5 Å². The van der Waals surface area contributed by atoms with Crippen LogP contribution in [0.15, 0.2) is 23.8 Å². The molecule has 3 saturated carbocycles. The Morgan fingerprint density at radius 2 is 1.94 bits per heavy atom. The van der Waals surface area contributed by atoms with Crippen LogP contribution in [-0.4, -0.2) is 45.5 Å². The molecule has 8 heteroatoms. The number of aliphatic hydroxyl groups excluding tert-OH is 1. The highest BCUT2D eigenvalue weighted by atomic mass is 32.1. The van der Waals surface area contributed by atoms with Crippen LogP contribution in [-0.2, 0) is 19.1 Å². The van der Waals surface area contributed by atoms with Gasteiger partial charge >= 0.3 is 5.97 Å². The third-order valence-corrected chi connectivity index (χ3v) is 9.38. The Hall–Kier alpha value is -1.54. The minimum absolute atomic E-state index is 0.0476. The minimum atomic E-state index is -2.24. The number of carbonyl (C=O) groups excluding carboxylic acids is 3. The molecule has 32 heavy (non-hydrogen) atoms. The first-order chi connectivity index (χ1) is 14.8. The zero-order valence-corrected chi connectivity index (χ0v) is 19.6. The fraction of sp³-hybridized carbons (Fsp3) is 0.708. The number of alkyl halides is 2. The van der Waals surface area contributed by atoms with E-state index in [1.165, 1.54) is 19.1 Å². The topological polar surface area (TPSA) is 80.7 Å². The molecule has 0 aromatic heterocycles. The van der Waals surface area contributed by atoms with Crippen molar-refractivity contribution < 1.29 is 33.0 Å². The fourth-order valence-corrected chi connectivity index (χ4v) is 8.01. The molecule has 3 unspecified atom stereocenters. The van der Waals surface area contributed by atoms with E-state index in [0.29, 0.717) is 6.42 Å². The second kappa shape index (κ2) is 7.23. The van der Waals surface area contributed by atoms with Gasteiger partial charge in [-0.1, -0.05) is 26.8 Å². The summed E-state index contributed by atoms with van der Waals surface area (Å²) in [7, 11) is 0. The van der Waals surface area contributed by atoms with Crippen LogP contribution in [0.3, 0.4) is 0 Å². The van der Waals surface area contributed by atoms with Crippen LogP contribution in [0.25, 0.3) is 0 Å². The SMILES string of the molecule is CCC(=O)O[C@]1(C(=O)S)[C@H](C)CC2C3C[C@H](F)C4=CC(=O)C=C[C@]4(C)[C@@]3(F)C(O)C[C@@]21C. The number of rotatable bonds is 3. The molecule has 4 rings (SSSR count). The number of allylic oxidation sites excluding steroid dienone is 4. The van der Waals surface area contributed by atoms with Crippen LogP contribution in [0.2, 0.25) is 0 Å². The number of carbonyl (C=O) groups is 3. The van der Waals surface area contributed by atoms with E-state index in [1.54, 1.807) is 20.8 Å². The molecule has 0 amide bonds. The summed E-state index contributed by atoms with van der Waals surface area (Å²) in [5, 5.41) is 10.7. The van der Waals surface area contributed by atoms with E-state index in [2.05, 4.69) is 12.6 Å². The Kier molecular flexibility index (Phi) is 5.33. The Bertz CT molecular complexity index is 949. The van der Waals surface area contributed by atoms with Gasteiger partial charge in [-0.2, -0.15) is 0 Å². The molecular weight excluding hydrogens is 438 g/mol. The van der Waals surface area contributed by atoms with Gasteiger partial charge < -0.3 is 9.84 Å². The zero-order valence-electron chi connectivity index (χ0n) is 18.7. The largest absolute Gasteiger partial charge is 0.449 e. The smallest absolute Gasteiger partial charge is 0.306 e. The van der Waals surface area contributed by atoms with Gasteiger partial charge in [0.2, 0.25) is 5.12 Å². The van der Waals surface area contributed by atoms with E-state index in [4.69, 9.17) is 4.74 Å². The highest BCUT2D eigenvalue weighted by Crippen LogP contribution is 2.71. The summed E-state index contributed by atoms with van der Waals surface area (Å²) in [5.74, 6) is -2.94. The molecular formula is C24H30F2O5S. The summed E-state index contributed by atoms with van der Waals surface area (Å²) in [6, 6.07) is 0. The van der Waals surface area contributed by atoms with Crippen LogP contribution >= 0.6 is 12.6 Å². The van der Waals surface area contributed by atoms with Gasteiger partial charge in [-0.25, -0.2) is 8.78 Å². The Labute approximate surface area is 192 Å². The summed E-state index contributed by atoms with van der Waals surface area (Å²) in [6.07, 6.45) is 0.619. The first kappa shape index (κ1) is 23.6. The molecule has 0 spiro atoms. The van der Waals surface area contributed by atoms with Gasteiger partial charge in [0, 0.05) is 29.1 Å². The van der Waals surface area contributed by atoms with Gasteiger partial charge in [-0.3, -0.25) is 14.4 Å². The van der Waals surface area contributed by atoms with E-state index < -0.39 is 69.0 Å². The number of hydrogen-bond donors (Lipinski definition) is 2. The van der Waals surface area contributed by atoms with Crippen molar-refractivity contribution in [3.05, 3.63) is 23.8 Å². The van der Waals surface area contributed by atoms with Crippen LogP contribution in [0.5, 0.6) is 0 Å². The van der Waals surface area contributed by atoms with Crippen molar-refractivity contribution in [1.29, 1.82) is 0 Å². The molecule has 0 aromatic rings. The van der Waals surface area contributed by atoms with Crippen LogP contribution in [0.4, 0.5) is 8.78 Å². The van der Waals surface area contributed by atoms with Crippen molar-refractivity contribution in [2.45, 2.75) is 76.9 Å². The molecule has 3 fully saturated rings. The average Bonchev–Trinajstić information content (AvgIpc) is 2.93. The maximum absolute atomic E-state index is 17.1. The molecule has 0 bridgehead atoms. The Balaban J connectivity index is 1.87. The second-order valence-corrected chi connectivity index (χ2v) is 10.8. The standard InChI is InChI=1S/C24H30F2O5S/c1-5-19(29)31-24(20(30)32)12(2)8-14-15-10-17(25)16-9-13(27)6-7-21(16,3)23(15,26)18(28)11-22(14,24)4/h6-7,9,12,14-15,17-18,28H,5,8,10-11H2,1-4H3,(H,30,32)/t12-,14?,15?,17+,18?,21+,22+,23+,24+/m1/s1. The second-order valence-electron chi connectivity index (χ2n) is 10.4. The maximum atomic E-state index is 17.1. The predicted molar refractivity (Wildman–Crippen MR) is 116 cm³/mol. The van der Waals surface area contributed by atoms with Crippen molar-refractivity contribution in [1.82, 2.24) is 0 Å². The van der Waals surface area contributed by atoms with E-state index in [0.717, 1.165) is 6.08 Å². The summed E-state index contributed by atoms with van der Waals surface area (Å²) < 4.78 is 38.3. The van der Waals surface area contributed by atoms with Crippen LogP contribution in [0.1, 0.15) is 53.4 Å². The number of hydrogen-bond acceptors (Lipinski definition) is 5. The third-order valence-electron chi connectivity index (χ3n) is 9.05. The van der Waals surface area contributed by atoms with Gasteiger partial charge in [0.15, 0.2) is 17.1 Å². The van der Waals surface area contributed by atoms with Crippen molar-refractivity contribution in [2.75, 3.05) is 0 Å². The van der Waals surface area contributed by atoms with Gasteiger partial charge in [-0.05, 0) is 49.8 Å². The van der Waals surface area contributed by atoms with Crippen molar-refractivity contribution in [3.63, 3.8) is 0 Å². The molecule has 0 radical (unpaired) electrons. The van der Waals surface area contributed by atoms with Crippen LogP contribution < -0.4 is 0 Å². The fourth-order valence-electron chi connectivity index (χ4n) is 7.49. The highest BCUT2D eigenvalue weighted by molar-refractivity contribution is 7.96. The summed E-state index contributed by atoms with van der Waals surface area (Å²) in [6.45, 7) is 6.62. The molecule has 0 saturated heterocycles. The average molecular weight is 469 g/mol. The summed E-state index contributed by atoms with van der Waals surface area (Å²) in [5.41, 5.74) is -6.46. The van der Waals surface area contributed by atoms with E-state index in [9.17, 15) is 19.5 Å². The minimum Gasteiger partial charge on any atom is -0.449 e. The highest BCUT2D eigenvalue weighted by Gasteiger charge is 2.77. The number of esters is 1. The first-order valence-corrected chi connectivity index (χ1v) is 11.7. The lowest BCUT2D eigenvalue weighted by atomic mass is 9.44. The number of aliphatic hydroxyl groups is 1. The predicted octanol–water partition coefficient (Wildman–Crippen LogP) is 3.70. The molecule has 5 nitrogen and oxygen atoms in total. The van der Waals surface area contributed by atoms with Gasteiger partial charge in [-0.15, -0.1) is 12.6 Å². The lowest BCUT2D eigenvalue weighted by Crippen LogP contribution is -2.70. The quantitative estimate of drug-likeness (QED) is 0.488. The normalized spacial score (nSPS) is 49.6. The Morgan fingerprint density at radius 1 is 1.28 bits per heavy atom. The van der Waals surface area contributed by atoms with Crippen LogP contribution in [0, 0.1) is 28.6 Å². The number of fused-ring (bicyclic) bond motifs is 5. The maximum Gasteiger partial charge on any atom is 0.306 e. The van der Waals surface area contributed by atoms with Crippen molar-refractivity contribution in [3.8, 4) is 0 Å². The summed E-state index contributed by atoms with van der Waals surface area (Å²) >= 11 is 4.09. The van der Waals surface area contributed by atoms with Gasteiger partial charge in [0.05, 0.1) is 6.10 Å². The molecule has 0 aromatic carbocycles. The number of halogens is 2. The molecule has 4 aliphatic carbocycles. The monoisotopic (exact) mass is 468 g/mol. The molecule has 0 heterocycles. The molecule has 4 aliphatic rings. The van der Waals surface area contributed by atoms with E-state index in [-0.39, 0.29) is 24.8 Å². The number of ether oxygens (including phenoxy) is 1. The molecule has 0 aliphatic heterocycles. The summed E-state index contributed by atoms with van der Waals surface area (Å²) in [4.78, 5) is 37.2. The van der Waals surface area contributed by atoms with Crippen molar-refractivity contribution in [2.24, 2.45) is 28.6 Å². The van der Waals surface area contributed by atoms with E-state index >= 15 is 8.78 Å². The Morgan fingerprint density at radius 3 is 2.53 bits per heavy atom. The van der Waals surface area contributed by atoms with E-state index in [1.807, 2.05) is 0 Å². The first-order valence-electron chi connectivity index (χ1n) is 11.2. The molecule has 1 N–H and O–H groups in total. The molecule has 9 atom stereocenters. The van der Waals surface area contributed by atoms with Gasteiger partial charge in [0.1, 0.15) is 6.17 Å². The van der Waals surface area contributed by atoms with Gasteiger partial charge in [0.25, 0.3) is 0 Å². The lowest BCUT2D eigenvalue weighted by Gasteiger charge is -2.63. The lowest BCUT2D eigenvalue weighted by molar-refractivity contribution is -0.228. The third kappa shape index (κ3) is 2.62. The number of thiol groups is 1. The molecule has 176 valence electrons. The number of ketones is 1. The zero-order chi connectivity index (χ0) is 23.9.